The summed E-state index contributed by atoms with van der Waals surface area (Å²) in [6.45, 7) is 0.121. The average Bonchev–Trinajstić information content (AvgIpc) is 2.23. The highest BCUT2D eigenvalue weighted by atomic mass is 35.5. The van der Waals surface area contributed by atoms with E-state index in [0.717, 1.165) is 0 Å². The lowest BCUT2D eigenvalue weighted by molar-refractivity contribution is -0.150. The normalized spacial score (nSPS) is 9.80. The van der Waals surface area contributed by atoms with Crippen LogP contribution in [0.15, 0.2) is 18.2 Å². The lowest BCUT2D eigenvalue weighted by Gasteiger charge is -2.10. The molecular weight excluding hydrogens is 225 g/mol. The first-order valence-corrected chi connectivity index (χ1v) is 4.50. The Bertz CT molecular complexity index is 348. The van der Waals surface area contributed by atoms with Crippen LogP contribution >= 0.6 is 11.6 Å². The number of halogens is 2. The van der Waals surface area contributed by atoms with E-state index >= 15 is 0 Å². The van der Waals surface area contributed by atoms with Gasteiger partial charge in [-0.2, -0.15) is 0 Å². The molecule has 4 nitrogen and oxygen atoms in total. The number of hydrogen-bond acceptors (Lipinski definition) is 3. The van der Waals surface area contributed by atoms with E-state index in [0.29, 0.717) is 10.8 Å². The highest BCUT2D eigenvalue weighted by Gasteiger charge is 2.02. The molecule has 0 radical (unpaired) electrons. The van der Waals surface area contributed by atoms with Gasteiger partial charge in [0.1, 0.15) is 18.2 Å². The van der Waals surface area contributed by atoms with Crippen molar-refractivity contribution in [3.8, 4) is 5.75 Å². The predicted molar refractivity (Wildman–Crippen MR) is 51.5 cm³/mol. The summed E-state index contributed by atoms with van der Waals surface area (Å²) in [4.78, 5) is 10.00. The monoisotopic (exact) mass is 233 g/mol. The van der Waals surface area contributed by atoms with Crippen molar-refractivity contribution in [3.63, 3.8) is 0 Å². The van der Waals surface area contributed by atoms with Crippen LogP contribution in [0.3, 0.4) is 0 Å². The summed E-state index contributed by atoms with van der Waals surface area (Å²) in [6.07, 6.45) is 0.265. The summed E-state index contributed by atoms with van der Waals surface area (Å²) in [6, 6.07) is 3.90. The van der Waals surface area contributed by atoms with E-state index < -0.39 is 5.82 Å². The average molecular weight is 234 g/mol. The Hall–Kier alpha value is -1.33. The predicted octanol–water partition coefficient (Wildman–Crippen LogP) is 1.71. The van der Waals surface area contributed by atoms with Gasteiger partial charge in [0, 0.05) is 6.07 Å². The van der Waals surface area contributed by atoms with Crippen LogP contribution in [0.1, 0.15) is 0 Å². The Morgan fingerprint density at radius 3 is 2.93 bits per heavy atom. The van der Waals surface area contributed by atoms with Gasteiger partial charge in [-0.3, -0.25) is 10.0 Å². The molecular formula is C9H9ClFNO3. The second-order valence-electron chi connectivity index (χ2n) is 2.69. The molecule has 0 aromatic heterocycles. The molecule has 0 spiro atoms. The Labute approximate surface area is 90.8 Å². The van der Waals surface area contributed by atoms with Crippen LogP contribution in [0.2, 0.25) is 5.02 Å². The Morgan fingerprint density at radius 1 is 1.60 bits per heavy atom. The van der Waals surface area contributed by atoms with Crippen molar-refractivity contribution in [3.05, 3.63) is 29.0 Å². The maximum absolute atomic E-state index is 12.7. The Morgan fingerprint density at radius 2 is 2.33 bits per heavy atom. The van der Waals surface area contributed by atoms with Gasteiger partial charge in [0.15, 0.2) is 0 Å². The molecule has 1 amide bonds. The number of ether oxygens (including phenoxy) is 1. The maximum atomic E-state index is 12.7. The Kier molecular flexibility index (Phi) is 4.33. The molecule has 0 aliphatic carbocycles. The molecule has 0 heterocycles. The van der Waals surface area contributed by atoms with Crippen LogP contribution in [0.25, 0.3) is 0 Å². The van der Waals surface area contributed by atoms with Crippen molar-refractivity contribution < 1.29 is 19.1 Å². The van der Waals surface area contributed by atoms with Crippen LogP contribution in [-0.2, 0) is 4.79 Å². The molecule has 0 unspecified atom stereocenters. The summed E-state index contributed by atoms with van der Waals surface area (Å²) in [5, 5.41) is 9.15. The number of hydroxylamine groups is 2. The molecule has 0 aliphatic heterocycles. The van der Waals surface area contributed by atoms with Crippen molar-refractivity contribution >= 4 is 18.0 Å². The molecule has 82 valence electrons. The molecule has 0 aliphatic rings. The fourth-order valence-electron chi connectivity index (χ4n) is 0.876. The van der Waals surface area contributed by atoms with E-state index in [4.69, 9.17) is 21.5 Å². The molecule has 0 saturated heterocycles. The third-order valence-corrected chi connectivity index (χ3v) is 1.89. The van der Waals surface area contributed by atoms with E-state index in [-0.39, 0.29) is 24.6 Å². The summed E-state index contributed by atoms with van der Waals surface area (Å²) in [5.41, 5.74) is 0. The smallest absolute Gasteiger partial charge is 0.233 e. The Balaban J connectivity index is 2.44. The molecule has 1 aromatic carbocycles. The van der Waals surface area contributed by atoms with Gasteiger partial charge in [-0.25, -0.2) is 9.45 Å². The highest BCUT2D eigenvalue weighted by molar-refractivity contribution is 6.30. The number of hydrogen-bond donors (Lipinski definition) is 1. The lowest BCUT2D eigenvalue weighted by atomic mass is 10.3. The van der Waals surface area contributed by atoms with E-state index in [2.05, 4.69) is 0 Å². The van der Waals surface area contributed by atoms with Crippen molar-refractivity contribution in [1.29, 1.82) is 0 Å². The molecule has 0 bridgehead atoms. The molecule has 1 N–H and O–H groups in total. The standard InChI is InChI=1S/C9H9ClFNO3/c10-8-5-7(1-2-9(8)11)15-4-3-12(14)6-13/h1-2,5-6,14H,3-4H2. The second kappa shape index (κ2) is 5.53. The maximum Gasteiger partial charge on any atom is 0.233 e. The topological polar surface area (TPSA) is 49.8 Å². The summed E-state index contributed by atoms with van der Waals surface area (Å²) in [7, 11) is 0. The number of nitrogens with zero attached hydrogens (tertiary/aromatic N) is 1. The van der Waals surface area contributed by atoms with E-state index in [1.807, 2.05) is 0 Å². The van der Waals surface area contributed by atoms with Crippen LogP contribution in [-0.4, -0.2) is 29.8 Å². The second-order valence-corrected chi connectivity index (χ2v) is 3.10. The number of rotatable bonds is 5. The van der Waals surface area contributed by atoms with E-state index in [9.17, 15) is 9.18 Å². The molecule has 6 heteroatoms. The molecule has 15 heavy (non-hydrogen) atoms. The van der Waals surface area contributed by atoms with Gasteiger partial charge < -0.3 is 4.74 Å². The molecule has 0 atom stereocenters. The molecule has 0 saturated carbocycles. The van der Waals surface area contributed by atoms with Gasteiger partial charge in [-0.1, -0.05) is 11.6 Å². The van der Waals surface area contributed by atoms with Gasteiger partial charge in [0.05, 0.1) is 11.6 Å². The van der Waals surface area contributed by atoms with Crippen LogP contribution < -0.4 is 4.74 Å². The quantitative estimate of drug-likeness (QED) is 0.479. The first-order chi connectivity index (χ1) is 7.13. The SMILES string of the molecule is O=CN(O)CCOc1ccc(F)c(Cl)c1. The zero-order valence-corrected chi connectivity index (χ0v) is 8.45. The summed E-state index contributed by atoms with van der Waals surface area (Å²) in [5.74, 6) is -0.151. The lowest BCUT2D eigenvalue weighted by Crippen LogP contribution is -2.23. The summed E-state index contributed by atoms with van der Waals surface area (Å²) >= 11 is 5.51. The number of carbonyl (C=O) groups excluding carboxylic acids is 1. The number of benzene rings is 1. The minimum atomic E-state index is -0.527. The van der Waals surface area contributed by atoms with Crippen LogP contribution in [0, 0.1) is 5.82 Å². The van der Waals surface area contributed by atoms with E-state index in [1.165, 1.54) is 18.2 Å². The van der Waals surface area contributed by atoms with Gasteiger partial charge in [-0.15, -0.1) is 0 Å². The van der Waals surface area contributed by atoms with Crippen LogP contribution in [0.4, 0.5) is 4.39 Å². The molecule has 1 aromatic rings. The van der Waals surface area contributed by atoms with Crippen molar-refractivity contribution in [1.82, 2.24) is 5.06 Å². The minimum absolute atomic E-state index is 0.0263. The van der Waals surface area contributed by atoms with Crippen molar-refractivity contribution in [2.75, 3.05) is 13.2 Å². The third kappa shape index (κ3) is 3.73. The highest BCUT2D eigenvalue weighted by Crippen LogP contribution is 2.20. The first kappa shape index (κ1) is 11.7. The molecule has 0 fully saturated rings. The minimum Gasteiger partial charge on any atom is -0.492 e. The number of carbonyl (C=O) groups is 1. The number of amides is 1. The largest absolute Gasteiger partial charge is 0.492 e. The van der Waals surface area contributed by atoms with Gasteiger partial charge in [-0.05, 0) is 12.1 Å². The fourth-order valence-corrected chi connectivity index (χ4v) is 1.05. The summed E-state index contributed by atoms with van der Waals surface area (Å²) < 4.78 is 17.8. The first-order valence-electron chi connectivity index (χ1n) is 4.12. The third-order valence-electron chi connectivity index (χ3n) is 1.60. The van der Waals surface area contributed by atoms with Crippen LogP contribution in [0.5, 0.6) is 5.75 Å². The zero-order chi connectivity index (χ0) is 11.3. The van der Waals surface area contributed by atoms with Gasteiger partial charge in [0.25, 0.3) is 0 Å². The van der Waals surface area contributed by atoms with Crippen molar-refractivity contribution in [2.45, 2.75) is 0 Å². The van der Waals surface area contributed by atoms with Crippen molar-refractivity contribution in [2.24, 2.45) is 0 Å². The zero-order valence-electron chi connectivity index (χ0n) is 7.69. The van der Waals surface area contributed by atoms with Gasteiger partial charge in [0.2, 0.25) is 6.41 Å². The van der Waals surface area contributed by atoms with E-state index in [1.54, 1.807) is 0 Å². The van der Waals surface area contributed by atoms with Gasteiger partial charge >= 0.3 is 0 Å². The molecule has 1 rings (SSSR count). The fraction of sp³-hybridized carbons (Fsp3) is 0.222.